The lowest BCUT2D eigenvalue weighted by Gasteiger charge is -2.12. The molecule has 0 unspecified atom stereocenters. The number of methoxy groups -OCH3 is 2. The number of phenolic OH excluding ortho intramolecular Hbond substituents is 2. The van der Waals surface area contributed by atoms with Crippen LogP contribution in [0.2, 0.25) is 0 Å². The maximum Gasteiger partial charge on any atom is 0.172 e. The molecule has 0 spiro atoms. The van der Waals surface area contributed by atoms with Gasteiger partial charge in [-0.15, -0.1) is 20.4 Å². The highest BCUT2D eigenvalue weighted by atomic mass is 16.5. The third-order valence-electron chi connectivity index (χ3n) is 8.90. The van der Waals surface area contributed by atoms with Crippen molar-refractivity contribution in [1.29, 1.82) is 0 Å². The second-order valence-electron chi connectivity index (χ2n) is 12.5. The SMILES string of the molecule is COc1ccc(-n2c(-c3ccc(C)cc3)nnc2-c2ccccc2O)cc1.COc1ccc(-n2c(-c3ccc(C)cc3)nnc2-c2ccccc2O)cc1. The van der Waals surface area contributed by atoms with Gasteiger partial charge < -0.3 is 19.7 Å². The van der Waals surface area contributed by atoms with Gasteiger partial charge >= 0.3 is 0 Å². The lowest BCUT2D eigenvalue weighted by atomic mass is 10.1. The summed E-state index contributed by atoms with van der Waals surface area (Å²) in [6, 6.07) is 45.9. The molecule has 2 N–H and O–H groups in total. The summed E-state index contributed by atoms with van der Waals surface area (Å²) in [5.74, 6) is 4.44. The van der Waals surface area contributed by atoms with Gasteiger partial charge in [0.1, 0.15) is 23.0 Å². The highest BCUT2D eigenvalue weighted by Crippen LogP contribution is 2.35. The summed E-state index contributed by atoms with van der Waals surface area (Å²) in [7, 11) is 3.28. The summed E-state index contributed by atoms with van der Waals surface area (Å²) in [5.41, 5.74) is 7.27. The van der Waals surface area contributed by atoms with E-state index in [9.17, 15) is 10.2 Å². The largest absolute Gasteiger partial charge is 0.507 e. The van der Waals surface area contributed by atoms with Crippen LogP contribution in [0.15, 0.2) is 146 Å². The predicted molar refractivity (Wildman–Crippen MR) is 210 cm³/mol. The lowest BCUT2D eigenvalue weighted by molar-refractivity contribution is 0.414. The number of aromatic hydroxyl groups is 2. The molecule has 10 heteroatoms. The number of hydrogen-bond donors (Lipinski definition) is 2. The lowest BCUT2D eigenvalue weighted by Crippen LogP contribution is -2.00. The molecule has 10 nitrogen and oxygen atoms in total. The number of ether oxygens (including phenoxy) is 2. The first-order valence-corrected chi connectivity index (χ1v) is 17.2. The molecule has 268 valence electrons. The van der Waals surface area contributed by atoms with E-state index in [4.69, 9.17) is 9.47 Å². The van der Waals surface area contributed by atoms with Gasteiger partial charge in [-0.3, -0.25) is 9.13 Å². The van der Waals surface area contributed by atoms with Crippen LogP contribution in [-0.4, -0.2) is 54.0 Å². The van der Waals surface area contributed by atoms with Crippen LogP contribution in [0.1, 0.15) is 11.1 Å². The van der Waals surface area contributed by atoms with Gasteiger partial charge in [0.05, 0.1) is 25.3 Å². The summed E-state index contributed by atoms with van der Waals surface area (Å²) >= 11 is 0. The van der Waals surface area contributed by atoms with Crippen molar-refractivity contribution < 1.29 is 19.7 Å². The Morgan fingerprint density at radius 2 is 0.741 bits per heavy atom. The van der Waals surface area contributed by atoms with Crippen LogP contribution in [0.5, 0.6) is 23.0 Å². The van der Waals surface area contributed by atoms with Gasteiger partial charge in [-0.1, -0.05) is 83.9 Å². The van der Waals surface area contributed by atoms with Crippen LogP contribution in [0.3, 0.4) is 0 Å². The molecule has 0 atom stereocenters. The molecule has 0 saturated heterocycles. The standard InChI is InChI=1S/2C22H19N3O2/c2*1-15-7-9-16(10-8-15)21-23-24-22(19-5-3-4-6-20(19)26)25(21)17-11-13-18(27-2)14-12-17/h2*3-14,26H,1-2H3. The van der Waals surface area contributed by atoms with Gasteiger partial charge in [-0.05, 0) is 86.6 Å². The van der Waals surface area contributed by atoms with E-state index in [0.29, 0.717) is 34.4 Å². The molecule has 0 aliphatic heterocycles. The number of aryl methyl sites for hydroxylation is 2. The third kappa shape index (κ3) is 7.26. The second kappa shape index (κ2) is 15.6. The van der Waals surface area contributed by atoms with E-state index in [2.05, 4.69) is 20.4 Å². The van der Waals surface area contributed by atoms with E-state index in [0.717, 1.165) is 34.0 Å². The second-order valence-corrected chi connectivity index (χ2v) is 12.5. The van der Waals surface area contributed by atoms with E-state index in [-0.39, 0.29) is 11.5 Å². The molecule has 0 aliphatic carbocycles. The minimum absolute atomic E-state index is 0.162. The van der Waals surface area contributed by atoms with Crippen molar-refractivity contribution in [3.63, 3.8) is 0 Å². The Morgan fingerprint density at radius 1 is 0.407 bits per heavy atom. The average molecular weight is 715 g/mol. The Kier molecular flexibility index (Phi) is 10.2. The molecule has 54 heavy (non-hydrogen) atoms. The summed E-state index contributed by atoms with van der Waals surface area (Å²) in [4.78, 5) is 0. The Morgan fingerprint density at radius 3 is 1.07 bits per heavy atom. The van der Waals surface area contributed by atoms with E-state index >= 15 is 0 Å². The van der Waals surface area contributed by atoms with Crippen molar-refractivity contribution in [1.82, 2.24) is 29.5 Å². The van der Waals surface area contributed by atoms with Gasteiger partial charge in [-0.2, -0.15) is 0 Å². The van der Waals surface area contributed by atoms with Gasteiger partial charge in [0.15, 0.2) is 23.3 Å². The maximum absolute atomic E-state index is 10.3. The average Bonchev–Trinajstić information content (AvgIpc) is 3.85. The molecule has 8 rings (SSSR count). The van der Waals surface area contributed by atoms with Crippen molar-refractivity contribution in [2.75, 3.05) is 14.2 Å². The topological polar surface area (TPSA) is 120 Å². The van der Waals surface area contributed by atoms with E-state index < -0.39 is 0 Å². The van der Waals surface area contributed by atoms with Crippen LogP contribution in [-0.2, 0) is 0 Å². The molecule has 2 heterocycles. The minimum Gasteiger partial charge on any atom is -0.507 e. The zero-order chi connectivity index (χ0) is 37.6. The fourth-order valence-electron chi connectivity index (χ4n) is 5.97. The summed E-state index contributed by atoms with van der Waals surface area (Å²) < 4.78 is 14.4. The molecule has 0 amide bonds. The van der Waals surface area contributed by atoms with Crippen molar-refractivity contribution in [3.05, 3.63) is 157 Å². The van der Waals surface area contributed by atoms with Crippen LogP contribution < -0.4 is 9.47 Å². The fraction of sp³-hybridized carbons (Fsp3) is 0.0909. The van der Waals surface area contributed by atoms with Crippen LogP contribution in [0, 0.1) is 13.8 Å². The molecular weight excluding hydrogens is 677 g/mol. The molecule has 8 aromatic rings. The van der Waals surface area contributed by atoms with Gasteiger partial charge in [0, 0.05) is 22.5 Å². The molecular formula is C44H38N6O4. The smallest absolute Gasteiger partial charge is 0.172 e. The molecule has 0 saturated carbocycles. The van der Waals surface area contributed by atoms with Gasteiger partial charge in [0.25, 0.3) is 0 Å². The summed E-state index contributed by atoms with van der Waals surface area (Å²) in [6.45, 7) is 4.09. The zero-order valence-corrected chi connectivity index (χ0v) is 30.3. The van der Waals surface area contributed by atoms with Crippen molar-refractivity contribution >= 4 is 0 Å². The predicted octanol–water partition coefficient (Wildman–Crippen LogP) is 9.25. The minimum atomic E-state index is 0.162. The molecule has 0 bridgehead atoms. The molecule has 6 aromatic carbocycles. The van der Waals surface area contributed by atoms with E-state index in [1.807, 2.05) is 144 Å². The number of nitrogens with zero attached hydrogens (tertiary/aromatic N) is 6. The first kappa shape index (κ1) is 35.2. The van der Waals surface area contributed by atoms with Gasteiger partial charge in [-0.25, -0.2) is 0 Å². The third-order valence-corrected chi connectivity index (χ3v) is 8.90. The Labute approximate surface area is 313 Å². The highest BCUT2D eigenvalue weighted by Gasteiger charge is 2.21. The first-order chi connectivity index (χ1) is 26.3. The number of hydrogen-bond acceptors (Lipinski definition) is 8. The van der Waals surface area contributed by atoms with Crippen molar-refractivity contribution in [3.8, 4) is 79.9 Å². The molecule has 0 aliphatic rings. The molecule has 2 aromatic heterocycles. The Bertz CT molecular complexity index is 2310. The van der Waals surface area contributed by atoms with Crippen LogP contribution >= 0.6 is 0 Å². The highest BCUT2D eigenvalue weighted by molar-refractivity contribution is 5.72. The summed E-state index contributed by atoms with van der Waals surface area (Å²) in [5, 5.41) is 38.3. The zero-order valence-electron chi connectivity index (χ0n) is 30.3. The number of para-hydroxylation sites is 2. The van der Waals surface area contributed by atoms with Crippen molar-refractivity contribution in [2.24, 2.45) is 0 Å². The number of rotatable bonds is 8. The normalized spacial score (nSPS) is 10.7. The van der Waals surface area contributed by atoms with Crippen molar-refractivity contribution in [2.45, 2.75) is 13.8 Å². The fourth-order valence-corrected chi connectivity index (χ4v) is 5.97. The van der Waals surface area contributed by atoms with E-state index in [1.54, 1.807) is 38.5 Å². The quantitative estimate of drug-likeness (QED) is 0.160. The van der Waals surface area contributed by atoms with Crippen LogP contribution in [0.25, 0.3) is 56.9 Å². The molecule has 0 fully saturated rings. The molecule has 0 radical (unpaired) electrons. The number of benzene rings is 6. The number of phenols is 2. The van der Waals surface area contributed by atoms with Crippen LogP contribution in [0.4, 0.5) is 0 Å². The maximum atomic E-state index is 10.3. The summed E-state index contributed by atoms with van der Waals surface area (Å²) in [6.07, 6.45) is 0. The Hall–Kier alpha value is -7.20. The number of aromatic nitrogens is 6. The first-order valence-electron chi connectivity index (χ1n) is 17.2. The van der Waals surface area contributed by atoms with Gasteiger partial charge in [0.2, 0.25) is 0 Å². The van der Waals surface area contributed by atoms with E-state index in [1.165, 1.54) is 11.1 Å². The monoisotopic (exact) mass is 714 g/mol. The Balaban J connectivity index is 0.000000167.